The standard InChI is InChI=1S/C19H18N2O/c1-5-9-16-15(7-3)20-18-12(4)17-13(6-2)10-8-11-14(17)19(22)21(16)18/h5-11H,3H2,1-2,4H3/b9-5-,13-6-. The predicted molar refractivity (Wildman–Crippen MR) is 93.9 cm³/mol. The van der Waals surface area contributed by atoms with Gasteiger partial charge in [0.2, 0.25) is 0 Å². The highest BCUT2D eigenvalue weighted by Crippen LogP contribution is 2.21. The van der Waals surface area contributed by atoms with Crippen LogP contribution in [0.4, 0.5) is 0 Å². The Kier molecular flexibility index (Phi) is 3.41. The van der Waals surface area contributed by atoms with Crippen LogP contribution in [-0.2, 0) is 0 Å². The summed E-state index contributed by atoms with van der Waals surface area (Å²) >= 11 is 0. The highest BCUT2D eigenvalue weighted by atomic mass is 16.1. The first-order chi connectivity index (χ1) is 10.6. The Labute approximate surface area is 128 Å². The summed E-state index contributed by atoms with van der Waals surface area (Å²) in [6.07, 6.45) is 7.53. The van der Waals surface area contributed by atoms with Crippen molar-refractivity contribution in [3.63, 3.8) is 0 Å². The number of hydrogen-bond donors (Lipinski definition) is 0. The molecule has 22 heavy (non-hydrogen) atoms. The summed E-state index contributed by atoms with van der Waals surface area (Å²) in [6, 6.07) is 5.82. The monoisotopic (exact) mass is 290 g/mol. The first-order valence-corrected chi connectivity index (χ1v) is 7.33. The largest absolute Gasteiger partial charge is 0.268 e. The second-order valence-corrected chi connectivity index (χ2v) is 5.23. The van der Waals surface area contributed by atoms with Crippen LogP contribution in [0, 0.1) is 6.92 Å². The van der Waals surface area contributed by atoms with Crippen molar-refractivity contribution < 1.29 is 0 Å². The first-order valence-electron chi connectivity index (χ1n) is 7.33. The maximum atomic E-state index is 13.0. The molecule has 3 aromatic rings. The predicted octanol–water partition coefficient (Wildman–Crippen LogP) is 3.35. The van der Waals surface area contributed by atoms with E-state index < -0.39 is 0 Å². The van der Waals surface area contributed by atoms with E-state index in [1.165, 1.54) is 0 Å². The molecule has 0 unspecified atom stereocenters. The van der Waals surface area contributed by atoms with E-state index in [0.29, 0.717) is 5.65 Å². The molecule has 3 rings (SSSR count). The minimum absolute atomic E-state index is 0.0343. The van der Waals surface area contributed by atoms with Crippen molar-refractivity contribution in [1.29, 1.82) is 0 Å². The fourth-order valence-electron chi connectivity index (χ4n) is 3.01. The molecule has 0 saturated heterocycles. The van der Waals surface area contributed by atoms with Crippen LogP contribution in [0.2, 0.25) is 0 Å². The number of fused-ring (bicyclic) bond motifs is 2. The van der Waals surface area contributed by atoms with Gasteiger partial charge in [-0.05, 0) is 44.2 Å². The summed E-state index contributed by atoms with van der Waals surface area (Å²) < 4.78 is 1.69. The smallest absolute Gasteiger partial charge is 0.264 e. The Bertz CT molecular complexity index is 1040. The molecule has 0 radical (unpaired) electrons. The number of aryl methyl sites for hydroxylation is 1. The van der Waals surface area contributed by atoms with Gasteiger partial charge < -0.3 is 0 Å². The molecule has 0 amide bonds. The van der Waals surface area contributed by atoms with Gasteiger partial charge in [-0.3, -0.25) is 9.20 Å². The SMILES string of the molecule is C=Cc1nc2c(C)c3/c(=C\C)cccc3c(=O)n2c1/C=C\C. The maximum Gasteiger partial charge on any atom is 0.264 e. The summed E-state index contributed by atoms with van der Waals surface area (Å²) in [5, 5.41) is 2.76. The van der Waals surface area contributed by atoms with Crippen LogP contribution >= 0.6 is 0 Å². The van der Waals surface area contributed by atoms with Crippen LogP contribution < -0.4 is 10.8 Å². The Morgan fingerprint density at radius 2 is 2.05 bits per heavy atom. The number of benzene rings is 1. The topological polar surface area (TPSA) is 34.4 Å². The number of allylic oxidation sites excluding steroid dienone is 1. The Morgan fingerprint density at radius 1 is 1.27 bits per heavy atom. The molecule has 1 aromatic carbocycles. The van der Waals surface area contributed by atoms with Crippen LogP contribution in [0.3, 0.4) is 0 Å². The molecular formula is C19H18N2O. The summed E-state index contributed by atoms with van der Waals surface area (Å²) in [5.74, 6) is 0. The van der Waals surface area contributed by atoms with E-state index >= 15 is 0 Å². The first kappa shape index (κ1) is 14.3. The van der Waals surface area contributed by atoms with E-state index in [-0.39, 0.29) is 5.56 Å². The van der Waals surface area contributed by atoms with Crippen molar-refractivity contribution in [2.24, 2.45) is 0 Å². The number of rotatable bonds is 2. The molecule has 0 spiro atoms. The maximum absolute atomic E-state index is 13.0. The number of hydrogen-bond acceptors (Lipinski definition) is 2. The fourth-order valence-corrected chi connectivity index (χ4v) is 3.01. The van der Waals surface area contributed by atoms with Gasteiger partial charge in [0.25, 0.3) is 5.56 Å². The van der Waals surface area contributed by atoms with Crippen LogP contribution in [0.25, 0.3) is 34.6 Å². The molecule has 0 N–H and O–H groups in total. The third kappa shape index (κ3) is 1.82. The Balaban J connectivity index is 2.71. The van der Waals surface area contributed by atoms with Crippen molar-refractivity contribution in [2.45, 2.75) is 20.8 Å². The average molecular weight is 290 g/mol. The van der Waals surface area contributed by atoms with Gasteiger partial charge in [0, 0.05) is 16.3 Å². The van der Waals surface area contributed by atoms with E-state index in [1.807, 2.05) is 57.2 Å². The normalized spacial score (nSPS) is 12.8. The summed E-state index contributed by atoms with van der Waals surface area (Å²) in [6.45, 7) is 9.74. The van der Waals surface area contributed by atoms with Crippen molar-refractivity contribution in [3.8, 4) is 0 Å². The molecule has 0 aliphatic heterocycles. The van der Waals surface area contributed by atoms with Gasteiger partial charge >= 0.3 is 0 Å². The van der Waals surface area contributed by atoms with Gasteiger partial charge in [-0.2, -0.15) is 0 Å². The van der Waals surface area contributed by atoms with Crippen LogP contribution in [0.15, 0.2) is 35.6 Å². The lowest BCUT2D eigenvalue weighted by molar-refractivity contribution is 1.11. The van der Waals surface area contributed by atoms with E-state index in [1.54, 1.807) is 10.5 Å². The minimum atomic E-state index is -0.0343. The third-order valence-corrected chi connectivity index (χ3v) is 4.01. The molecule has 0 saturated carbocycles. The minimum Gasteiger partial charge on any atom is -0.268 e. The highest BCUT2D eigenvalue weighted by Gasteiger charge is 2.16. The summed E-state index contributed by atoms with van der Waals surface area (Å²) in [4.78, 5) is 17.6. The Hall–Kier alpha value is -2.68. The second-order valence-electron chi connectivity index (χ2n) is 5.23. The lowest BCUT2D eigenvalue weighted by Gasteiger charge is -2.06. The van der Waals surface area contributed by atoms with Gasteiger partial charge in [0.15, 0.2) is 0 Å². The molecule has 0 atom stereocenters. The van der Waals surface area contributed by atoms with Gasteiger partial charge in [0.1, 0.15) is 5.65 Å². The van der Waals surface area contributed by atoms with Gasteiger partial charge in [-0.25, -0.2) is 4.98 Å². The molecule has 3 heteroatoms. The van der Waals surface area contributed by atoms with E-state index in [0.717, 1.165) is 32.9 Å². The second kappa shape index (κ2) is 5.26. The summed E-state index contributed by atoms with van der Waals surface area (Å²) in [5.41, 5.74) is 3.20. The molecule has 2 aromatic heterocycles. The zero-order valence-electron chi connectivity index (χ0n) is 13.1. The number of nitrogens with zero attached hydrogens (tertiary/aromatic N) is 2. The lowest BCUT2D eigenvalue weighted by Crippen LogP contribution is -2.18. The van der Waals surface area contributed by atoms with Crippen molar-refractivity contribution >= 4 is 34.6 Å². The molecule has 110 valence electrons. The molecule has 0 fully saturated rings. The molecule has 2 heterocycles. The van der Waals surface area contributed by atoms with Crippen molar-refractivity contribution in [2.75, 3.05) is 0 Å². The van der Waals surface area contributed by atoms with E-state index in [9.17, 15) is 4.79 Å². The van der Waals surface area contributed by atoms with E-state index in [4.69, 9.17) is 0 Å². The number of imidazole rings is 1. The van der Waals surface area contributed by atoms with Crippen molar-refractivity contribution in [3.05, 3.63) is 63.4 Å². The highest BCUT2D eigenvalue weighted by molar-refractivity contribution is 5.90. The van der Waals surface area contributed by atoms with Crippen LogP contribution in [0.5, 0.6) is 0 Å². The Morgan fingerprint density at radius 3 is 2.68 bits per heavy atom. The molecule has 0 aliphatic rings. The quantitative estimate of drug-likeness (QED) is 0.725. The van der Waals surface area contributed by atoms with Gasteiger partial charge in [-0.1, -0.05) is 30.9 Å². The van der Waals surface area contributed by atoms with Gasteiger partial charge in [0.05, 0.1) is 11.4 Å². The lowest BCUT2D eigenvalue weighted by atomic mass is 10.1. The molecule has 3 nitrogen and oxygen atoms in total. The third-order valence-electron chi connectivity index (χ3n) is 4.01. The fraction of sp³-hybridized carbons (Fsp3) is 0.158. The van der Waals surface area contributed by atoms with E-state index in [2.05, 4.69) is 11.6 Å². The van der Waals surface area contributed by atoms with Crippen LogP contribution in [0.1, 0.15) is 30.8 Å². The molecule has 0 aliphatic carbocycles. The van der Waals surface area contributed by atoms with Crippen LogP contribution in [-0.4, -0.2) is 9.38 Å². The zero-order chi connectivity index (χ0) is 15.9. The average Bonchev–Trinajstić information content (AvgIpc) is 2.91. The van der Waals surface area contributed by atoms with Gasteiger partial charge in [-0.15, -0.1) is 0 Å². The van der Waals surface area contributed by atoms with Crippen molar-refractivity contribution in [1.82, 2.24) is 9.38 Å². The molecular weight excluding hydrogens is 272 g/mol. The molecule has 0 bridgehead atoms. The summed E-state index contributed by atoms with van der Waals surface area (Å²) in [7, 11) is 0. The zero-order valence-corrected chi connectivity index (χ0v) is 13.1. The number of pyridine rings is 1. The number of aromatic nitrogens is 2.